The molecule has 0 heterocycles. The Labute approximate surface area is 157 Å². The number of rotatable bonds is 6. The van der Waals surface area contributed by atoms with Gasteiger partial charge in [-0.25, -0.2) is 0 Å². The second-order valence-electron chi connectivity index (χ2n) is 4.69. The predicted octanol–water partition coefficient (Wildman–Crippen LogP) is -0.973. The molecule has 0 aliphatic rings. The van der Waals surface area contributed by atoms with Gasteiger partial charge in [0.05, 0.1) is 34.9 Å². The van der Waals surface area contributed by atoms with Crippen LogP contribution in [0.5, 0.6) is 0 Å². The van der Waals surface area contributed by atoms with E-state index in [1.165, 1.54) is 24.3 Å². The van der Waals surface area contributed by atoms with Gasteiger partial charge in [-0.2, -0.15) is 16.8 Å². The molecule has 0 unspecified atom stereocenters. The number of hydrogen-bond acceptors (Lipinski definition) is 6. The summed E-state index contributed by atoms with van der Waals surface area (Å²) in [6.07, 6.45) is 1.97. The fraction of sp³-hybridized carbons (Fsp3) is 0.200. The highest BCUT2D eigenvalue weighted by Gasteiger charge is 2.22. The molecule has 0 aliphatic carbocycles. The van der Waals surface area contributed by atoms with E-state index in [-0.39, 0.29) is 33.1 Å². The molecular formula is C15H17ClO6S3. The van der Waals surface area contributed by atoms with Gasteiger partial charge in [0.2, 0.25) is 0 Å². The minimum atomic E-state index is -3.71. The van der Waals surface area contributed by atoms with Crippen LogP contribution in [-0.2, 0) is 39.5 Å². The zero-order chi connectivity index (χ0) is 18.0. The highest BCUT2D eigenvalue weighted by molar-refractivity contribution is 7.96. The van der Waals surface area contributed by atoms with Gasteiger partial charge >= 0.3 is 0 Å². The maximum absolute atomic E-state index is 11.6. The number of benzene rings is 2. The summed E-state index contributed by atoms with van der Waals surface area (Å²) in [5.74, 6) is 0. The Balaban J connectivity index is 0.00000312. The van der Waals surface area contributed by atoms with Gasteiger partial charge in [-0.05, 0) is 48.5 Å². The van der Waals surface area contributed by atoms with Crippen LogP contribution in [0.25, 0.3) is 0 Å². The van der Waals surface area contributed by atoms with Gasteiger partial charge in [-0.15, -0.1) is 0 Å². The molecule has 0 aromatic heterocycles. The molecule has 0 aliphatic heterocycles. The third-order valence-electron chi connectivity index (χ3n) is 3.37. The van der Waals surface area contributed by atoms with Crippen LogP contribution in [0, 0.1) is 0 Å². The van der Waals surface area contributed by atoms with Gasteiger partial charge in [0.1, 0.15) is 6.26 Å². The van der Waals surface area contributed by atoms with Crippen molar-refractivity contribution in [3.05, 3.63) is 48.5 Å². The van der Waals surface area contributed by atoms with E-state index < -0.39 is 20.2 Å². The zero-order valence-electron chi connectivity index (χ0n) is 13.7. The van der Waals surface area contributed by atoms with Crippen molar-refractivity contribution in [2.24, 2.45) is 0 Å². The van der Waals surface area contributed by atoms with Gasteiger partial charge in [0, 0.05) is 0 Å². The molecule has 0 saturated heterocycles. The molecule has 0 bridgehead atoms. The van der Waals surface area contributed by atoms with Crippen molar-refractivity contribution in [1.29, 1.82) is 0 Å². The molecule has 25 heavy (non-hydrogen) atoms. The maximum Gasteiger partial charge on any atom is 0.296 e. The number of hydrogen-bond donors (Lipinski definition) is 0. The van der Waals surface area contributed by atoms with Crippen LogP contribution >= 0.6 is 0 Å². The third-order valence-corrected chi connectivity index (χ3v) is 7.91. The van der Waals surface area contributed by atoms with Crippen molar-refractivity contribution in [2.45, 2.75) is 19.6 Å². The van der Waals surface area contributed by atoms with Crippen LogP contribution < -0.4 is 12.4 Å². The van der Waals surface area contributed by atoms with E-state index in [1.807, 2.05) is 6.26 Å². The Morgan fingerprint density at radius 2 is 0.960 bits per heavy atom. The van der Waals surface area contributed by atoms with E-state index >= 15 is 0 Å². The highest BCUT2D eigenvalue weighted by atomic mass is 35.5. The molecule has 6 nitrogen and oxygen atoms in total. The van der Waals surface area contributed by atoms with Crippen LogP contribution in [0.4, 0.5) is 0 Å². The molecule has 0 atom stereocenters. The van der Waals surface area contributed by atoms with E-state index in [2.05, 4.69) is 8.37 Å². The number of halogens is 1. The summed E-state index contributed by atoms with van der Waals surface area (Å²) in [4.78, 5) is 2.03. The second-order valence-corrected chi connectivity index (χ2v) is 10.1. The Morgan fingerprint density at radius 3 is 1.20 bits per heavy atom. The Kier molecular flexibility index (Phi) is 7.48. The molecule has 0 N–H and O–H groups in total. The summed E-state index contributed by atoms with van der Waals surface area (Å²) in [5, 5.41) is 0. The van der Waals surface area contributed by atoms with E-state index in [9.17, 15) is 16.8 Å². The summed E-state index contributed by atoms with van der Waals surface area (Å²) in [7, 11) is -5.53. The van der Waals surface area contributed by atoms with Crippen molar-refractivity contribution in [3.8, 4) is 0 Å². The molecule has 0 amide bonds. The smallest absolute Gasteiger partial charge is 0.296 e. The lowest BCUT2D eigenvalue weighted by Gasteiger charge is -2.06. The van der Waals surface area contributed by atoms with Crippen LogP contribution in [0.3, 0.4) is 0 Å². The van der Waals surface area contributed by atoms with Gasteiger partial charge in [0.15, 0.2) is 9.79 Å². The highest BCUT2D eigenvalue weighted by Crippen LogP contribution is 2.24. The van der Waals surface area contributed by atoms with Crippen LogP contribution in [-0.4, -0.2) is 37.3 Å². The van der Waals surface area contributed by atoms with Gasteiger partial charge in [-0.3, -0.25) is 8.37 Å². The summed E-state index contributed by atoms with van der Waals surface area (Å²) < 4.78 is 55.4. The summed E-state index contributed by atoms with van der Waals surface area (Å²) in [6, 6.07) is 12.8. The molecule has 138 valence electrons. The summed E-state index contributed by atoms with van der Waals surface area (Å²) in [6.45, 7) is 0. The average Bonchev–Trinajstić information content (AvgIpc) is 2.61. The molecule has 10 heteroatoms. The topological polar surface area (TPSA) is 86.7 Å². The summed E-state index contributed by atoms with van der Waals surface area (Å²) >= 11 is 0. The fourth-order valence-electron chi connectivity index (χ4n) is 1.95. The van der Waals surface area contributed by atoms with E-state index in [0.29, 0.717) is 0 Å². The SMILES string of the molecule is COS(=O)(=O)c1ccc([S+](C)c2ccc(S(=O)(=O)OC)cc2)cc1.[Cl-]. The Bertz CT molecular complexity index is 829. The van der Waals surface area contributed by atoms with Crippen molar-refractivity contribution < 1.29 is 37.6 Å². The summed E-state index contributed by atoms with van der Waals surface area (Å²) in [5.41, 5.74) is 0. The Hall–Kier alpha value is -1.10. The monoisotopic (exact) mass is 424 g/mol. The van der Waals surface area contributed by atoms with Crippen LogP contribution in [0.15, 0.2) is 68.1 Å². The van der Waals surface area contributed by atoms with Crippen molar-refractivity contribution in [2.75, 3.05) is 20.5 Å². The molecule has 0 fully saturated rings. The first-order valence-corrected chi connectivity index (χ1v) is 11.1. The van der Waals surface area contributed by atoms with Crippen molar-refractivity contribution >= 4 is 31.1 Å². The third kappa shape index (κ3) is 4.96. The molecule has 2 aromatic carbocycles. The lowest BCUT2D eigenvalue weighted by Crippen LogP contribution is -3.00. The van der Waals surface area contributed by atoms with Crippen LogP contribution in [0.1, 0.15) is 0 Å². The Morgan fingerprint density at radius 1 is 0.680 bits per heavy atom. The van der Waals surface area contributed by atoms with E-state index in [1.54, 1.807) is 24.3 Å². The first-order valence-electron chi connectivity index (χ1n) is 6.68. The predicted molar refractivity (Wildman–Crippen MR) is 91.1 cm³/mol. The maximum atomic E-state index is 11.6. The standard InChI is InChI=1S/C15H17O6S3.ClH/c1-20-23(16,17)14-8-4-12(5-9-14)22(3)13-6-10-15(11-7-13)24(18,19)21-2;/h4-11H,1-3H3;1H/q+1;/p-1. The molecular weight excluding hydrogens is 408 g/mol. The van der Waals surface area contributed by atoms with E-state index in [0.717, 1.165) is 24.0 Å². The molecule has 0 saturated carbocycles. The first-order chi connectivity index (χ1) is 11.2. The zero-order valence-corrected chi connectivity index (χ0v) is 16.9. The molecule has 0 radical (unpaired) electrons. The lowest BCUT2D eigenvalue weighted by atomic mass is 10.4. The second kappa shape index (κ2) is 8.52. The first kappa shape index (κ1) is 21.9. The van der Waals surface area contributed by atoms with Gasteiger partial charge in [-0.1, -0.05) is 0 Å². The quantitative estimate of drug-likeness (QED) is 0.438. The molecule has 2 aromatic rings. The van der Waals surface area contributed by atoms with Crippen LogP contribution in [0.2, 0.25) is 0 Å². The van der Waals surface area contributed by atoms with E-state index in [4.69, 9.17) is 0 Å². The van der Waals surface area contributed by atoms with Gasteiger partial charge in [0.25, 0.3) is 20.2 Å². The average molecular weight is 425 g/mol. The van der Waals surface area contributed by atoms with Crippen molar-refractivity contribution in [1.82, 2.24) is 0 Å². The van der Waals surface area contributed by atoms with Crippen molar-refractivity contribution in [3.63, 3.8) is 0 Å². The minimum Gasteiger partial charge on any atom is -1.00 e. The molecule has 2 rings (SSSR count). The molecule has 0 spiro atoms. The fourth-order valence-corrected chi connectivity index (χ4v) is 4.63. The normalized spacial score (nSPS) is 12.0. The lowest BCUT2D eigenvalue weighted by molar-refractivity contribution is -0.0000116. The minimum absolute atomic E-state index is 0. The largest absolute Gasteiger partial charge is 1.00 e. The van der Waals surface area contributed by atoms with Gasteiger partial charge < -0.3 is 12.4 Å².